The summed E-state index contributed by atoms with van der Waals surface area (Å²) < 4.78 is 36.2. The van der Waals surface area contributed by atoms with Crippen LogP contribution in [0.25, 0.3) is 32.8 Å². The van der Waals surface area contributed by atoms with E-state index in [1.165, 1.54) is 12.1 Å². The van der Waals surface area contributed by atoms with Gasteiger partial charge in [-0.1, -0.05) is 43.6 Å². The van der Waals surface area contributed by atoms with Crippen LogP contribution < -0.4 is 4.74 Å². The van der Waals surface area contributed by atoms with Gasteiger partial charge in [0.1, 0.15) is 28.5 Å². The molecule has 1 amide bonds. The van der Waals surface area contributed by atoms with Gasteiger partial charge in [-0.3, -0.25) is 9.58 Å². The first-order valence-corrected chi connectivity index (χ1v) is 23.6. The number of benzene rings is 3. The van der Waals surface area contributed by atoms with E-state index in [-0.39, 0.29) is 17.9 Å². The van der Waals surface area contributed by atoms with Gasteiger partial charge in [0.15, 0.2) is 0 Å². The van der Waals surface area contributed by atoms with E-state index in [9.17, 15) is 14.0 Å². The average molecular weight is 902 g/mol. The lowest BCUT2D eigenvalue weighted by Gasteiger charge is -2.39. The van der Waals surface area contributed by atoms with Crippen LogP contribution in [-0.4, -0.2) is 111 Å². The number of aromatic nitrogens is 3. The highest BCUT2D eigenvalue weighted by atomic mass is 35.5. The Morgan fingerprint density at radius 1 is 0.828 bits per heavy atom. The minimum atomic E-state index is -0.714. The second-order valence-corrected chi connectivity index (χ2v) is 19.5. The standard InChI is InChI=1S/C49H64ClFN6O5.C2H6/c1-32-42(33(2)53(9)52-32)43-40(50)18-17-39-38(13-11-29-60-41-14-10-12-35-30-36(51)15-16-37(35)41)45(46(58)61-48(3,4)5)57(44(39)43)28-25-54-21-19-34(20-22-54)31-55-23-26-56(27-24-55)47(59)62-49(6,7)8;1-2/h10,12,14-18,30,34H,11,13,19-29,31H2,1-9H3;1-2H3. The van der Waals surface area contributed by atoms with Crippen LogP contribution in [0.1, 0.15) is 102 Å². The van der Waals surface area contributed by atoms with Gasteiger partial charge in [0.2, 0.25) is 0 Å². The summed E-state index contributed by atoms with van der Waals surface area (Å²) in [7, 11) is 1.94. The van der Waals surface area contributed by atoms with Crippen LogP contribution in [0.3, 0.4) is 0 Å². The van der Waals surface area contributed by atoms with Crippen molar-refractivity contribution in [3.63, 3.8) is 0 Å². The smallest absolute Gasteiger partial charge is 0.410 e. The third-order valence-electron chi connectivity index (χ3n) is 12.1. The summed E-state index contributed by atoms with van der Waals surface area (Å²) in [6.07, 6.45) is 3.12. The first-order valence-electron chi connectivity index (χ1n) is 23.2. The lowest BCUT2D eigenvalue weighted by Crippen LogP contribution is -2.51. The lowest BCUT2D eigenvalue weighted by atomic mass is 9.96. The van der Waals surface area contributed by atoms with E-state index in [2.05, 4.69) is 21.3 Å². The van der Waals surface area contributed by atoms with E-state index in [1.807, 2.05) is 109 Å². The van der Waals surface area contributed by atoms with Gasteiger partial charge in [0.25, 0.3) is 0 Å². The third-order valence-corrected chi connectivity index (χ3v) is 12.5. The molecule has 4 heterocycles. The number of ether oxygens (including phenoxy) is 3. The van der Waals surface area contributed by atoms with Crippen molar-refractivity contribution >= 4 is 45.3 Å². The second kappa shape index (κ2) is 20.7. The summed E-state index contributed by atoms with van der Waals surface area (Å²) in [5.74, 6) is 0.617. The summed E-state index contributed by atoms with van der Waals surface area (Å²) in [6.45, 7) is 27.2. The number of halogens is 2. The van der Waals surface area contributed by atoms with Crippen molar-refractivity contribution in [1.29, 1.82) is 0 Å². The van der Waals surface area contributed by atoms with Crippen molar-refractivity contribution < 1.29 is 28.2 Å². The largest absolute Gasteiger partial charge is 0.493 e. The van der Waals surface area contributed by atoms with Crippen LogP contribution in [0, 0.1) is 25.6 Å². The van der Waals surface area contributed by atoms with Crippen molar-refractivity contribution in [2.45, 2.75) is 113 Å². The average Bonchev–Trinajstić information content (AvgIpc) is 3.69. The molecule has 2 saturated heterocycles. The molecule has 0 spiro atoms. The maximum atomic E-state index is 14.6. The predicted molar refractivity (Wildman–Crippen MR) is 256 cm³/mol. The molecule has 64 heavy (non-hydrogen) atoms. The topological polar surface area (TPSA) is 94.3 Å². The number of fused-ring (bicyclic) bond motifs is 2. The van der Waals surface area contributed by atoms with E-state index in [0.29, 0.717) is 61.5 Å². The number of amides is 1. The third kappa shape index (κ3) is 11.6. The molecule has 0 atom stereocenters. The van der Waals surface area contributed by atoms with E-state index in [1.54, 1.807) is 6.07 Å². The van der Waals surface area contributed by atoms with Gasteiger partial charge in [-0.25, -0.2) is 14.0 Å². The summed E-state index contributed by atoms with van der Waals surface area (Å²) >= 11 is 7.21. The summed E-state index contributed by atoms with van der Waals surface area (Å²) in [4.78, 5) is 34.0. The van der Waals surface area contributed by atoms with Gasteiger partial charge < -0.3 is 28.6 Å². The first-order chi connectivity index (χ1) is 30.4. The van der Waals surface area contributed by atoms with Crippen LogP contribution in [-0.2, 0) is 29.5 Å². The molecule has 13 heteroatoms. The van der Waals surface area contributed by atoms with E-state index in [0.717, 1.165) is 102 Å². The van der Waals surface area contributed by atoms with Crippen LogP contribution >= 0.6 is 11.6 Å². The molecular weight excluding hydrogens is 831 g/mol. The zero-order chi connectivity index (χ0) is 46.5. The fourth-order valence-corrected chi connectivity index (χ4v) is 9.37. The van der Waals surface area contributed by atoms with Crippen molar-refractivity contribution in [3.8, 4) is 16.9 Å². The number of hydrogen-bond donors (Lipinski definition) is 0. The van der Waals surface area contributed by atoms with Gasteiger partial charge in [0, 0.05) is 80.5 Å². The first kappa shape index (κ1) is 48.8. The fraction of sp³-hybridized carbons (Fsp3) is 0.549. The Morgan fingerprint density at radius 2 is 1.50 bits per heavy atom. The van der Waals surface area contributed by atoms with Crippen LogP contribution in [0.4, 0.5) is 9.18 Å². The summed E-state index contributed by atoms with van der Waals surface area (Å²) in [5.41, 5.74) is 4.83. The normalized spacial score (nSPS) is 15.7. The van der Waals surface area contributed by atoms with Gasteiger partial charge >= 0.3 is 12.1 Å². The van der Waals surface area contributed by atoms with Crippen LogP contribution in [0.2, 0.25) is 5.02 Å². The molecule has 2 aliphatic heterocycles. The maximum Gasteiger partial charge on any atom is 0.410 e. The van der Waals surface area contributed by atoms with Crippen LogP contribution in [0.15, 0.2) is 48.5 Å². The minimum Gasteiger partial charge on any atom is -0.493 e. The molecule has 2 fully saturated rings. The Labute approximate surface area is 384 Å². The minimum absolute atomic E-state index is 0.228. The van der Waals surface area contributed by atoms with E-state index >= 15 is 0 Å². The van der Waals surface area contributed by atoms with Crippen molar-refractivity contribution in [2.75, 3.05) is 59.0 Å². The Kier molecular flexibility index (Phi) is 15.8. The van der Waals surface area contributed by atoms with Gasteiger partial charge in [0.05, 0.1) is 22.8 Å². The molecule has 2 aliphatic rings. The van der Waals surface area contributed by atoms with Crippen LogP contribution in [0.5, 0.6) is 5.75 Å². The molecule has 3 aromatic carbocycles. The number of carbonyl (C=O) groups excluding carboxylic acids is 2. The number of nitrogens with zero attached hydrogens (tertiary/aromatic N) is 6. The molecule has 0 saturated carbocycles. The highest BCUT2D eigenvalue weighted by Gasteiger charge is 2.32. The van der Waals surface area contributed by atoms with Crippen molar-refractivity contribution in [3.05, 3.63) is 82.0 Å². The zero-order valence-corrected chi connectivity index (χ0v) is 40.8. The Morgan fingerprint density at radius 3 is 2.14 bits per heavy atom. The molecule has 0 N–H and O–H groups in total. The van der Waals surface area contributed by atoms with Crippen molar-refractivity contribution in [2.24, 2.45) is 13.0 Å². The number of esters is 1. The van der Waals surface area contributed by atoms with Crippen molar-refractivity contribution in [1.82, 2.24) is 29.0 Å². The summed E-state index contributed by atoms with van der Waals surface area (Å²) in [6, 6.07) is 14.4. The van der Waals surface area contributed by atoms with Gasteiger partial charge in [-0.2, -0.15) is 5.10 Å². The fourth-order valence-electron chi connectivity index (χ4n) is 9.12. The van der Waals surface area contributed by atoms with Gasteiger partial charge in [-0.05, 0) is 141 Å². The molecule has 2 aromatic heterocycles. The number of carbonyl (C=O) groups is 2. The highest BCUT2D eigenvalue weighted by Crippen LogP contribution is 2.42. The molecule has 0 unspecified atom stereocenters. The van der Waals surface area contributed by atoms with Gasteiger partial charge in [-0.15, -0.1) is 0 Å². The molecule has 0 radical (unpaired) electrons. The van der Waals surface area contributed by atoms with E-state index < -0.39 is 11.2 Å². The Hall–Kier alpha value is -4.65. The molecule has 0 aliphatic carbocycles. The number of aryl methyl sites for hydroxylation is 3. The number of piperidine rings is 1. The molecule has 0 bridgehead atoms. The SMILES string of the molecule is CC.Cc1nn(C)c(C)c1-c1c(Cl)ccc2c(CCCOc3cccc4cc(F)ccc34)c(C(=O)OC(C)(C)C)n(CCN3CCC(CN4CCN(C(=O)OC(C)(C)C)CC4)CC3)c12. The second-order valence-electron chi connectivity index (χ2n) is 19.1. The molecule has 7 rings (SSSR count). The van der Waals surface area contributed by atoms with E-state index in [4.69, 9.17) is 30.9 Å². The molecule has 5 aromatic rings. The zero-order valence-electron chi connectivity index (χ0n) is 40.1. The lowest BCUT2D eigenvalue weighted by molar-refractivity contribution is 0.00551. The monoisotopic (exact) mass is 901 g/mol. The molecular formula is C51H70ClFN6O5. The predicted octanol–water partition coefficient (Wildman–Crippen LogP) is 10.9. The maximum absolute atomic E-state index is 14.6. The Balaban J connectivity index is 0.00000335. The Bertz CT molecular complexity index is 2410. The number of rotatable bonds is 12. The molecule has 348 valence electrons. The molecule has 11 nitrogen and oxygen atoms in total. The summed E-state index contributed by atoms with van der Waals surface area (Å²) in [5, 5.41) is 7.96. The number of likely N-dealkylation sites (tertiary alicyclic amines) is 1. The number of piperazine rings is 1. The quantitative estimate of drug-likeness (QED) is 0.0903. The number of hydrogen-bond acceptors (Lipinski definition) is 8. The highest BCUT2D eigenvalue weighted by molar-refractivity contribution is 6.35.